The summed E-state index contributed by atoms with van der Waals surface area (Å²) in [5.74, 6) is 2.33. The normalized spacial score (nSPS) is 26.9. The van der Waals surface area contributed by atoms with E-state index in [2.05, 4.69) is 77.0 Å². The van der Waals surface area contributed by atoms with Gasteiger partial charge >= 0.3 is 0 Å². The molecule has 1 aromatic rings. The lowest BCUT2D eigenvalue weighted by molar-refractivity contribution is 0.212. The van der Waals surface area contributed by atoms with Crippen LogP contribution >= 0.6 is 31.9 Å². The Bertz CT molecular complexity index is 447. The van der Waals surface area contributed by atoms with Crippen LogP contribution < -0.4 is 5.32 Å². The first-order chi connectivity index (χ1) is 9.38. The van der Waals surface area contributed by atoms with E-state index in [1.165, 1.54) is 30.5 Å². The van der Waals surface area contributed by atoms with Crippen LogP contribution in [0.15, 0.2) is 21.1 Å². The molecule has 2 rings (SSSR count). The van der Waals surface area contributed by atoms with E-state index in [4.69, 9.17) is 0 Å². The van der Waals surface area contributed by atoms with Crippen LogP contribution in [0.4, 0.5) is 5.69 Å². The second kappa shape index (κ2) is 6.83. The van der Waals surface area contributed by atoms with E-state index in [0.717, 1.165) is 26.7 Å². The standard InChI is InChI=1S/C17H25Br2N/c1-10(2)13-6-5-11(3)9-16(13)20-17-14(18)7-12(4)8-15(17)19/h7-8,10-11,13,16,20H,5-6,9H2,1-4H3. The third-order valence-corrected chi connectivity index (χ3v) is 5.79. The van der Waals surface area contributed by atoms with Gasteiger partial charge in [0.15, 0.2) is 0 Å². The molecule has 0 heterocycles. The van der Waals surface area contributed by atoms with Crippen molar-refractivity contribution >= 4 is 37.5 Å². The summed E-state index contributed by atoms with van der Waals surface area (Å²) in [4.78, 5) is 0. The summed E-state index contributed by atoms with van der Waals surface area (Å²) in [7, 11) is 0. The molecule has 0 amide bonds. The first kappa shape index (κ1) is 16.4. The van der Waals surface area contributed by atoms with Crippen molar-refractivity contribution in [2.75, 3.05) is 5.32 Å². The zero-order chi connectivity index (χ0) is 14.9. The molecule has 1 saturated carbocycles. The predicted octanol–water partition coefficient (Wildman–Crippen LogP) is 6.39. The minimum atomic E-state index is 0.578. The van der Waals surface area contributed by atoms with Crippen LogP contribution in [-0.2, 0) is 0 Å². The highest BCUT2D eigenvalue weighted by atomic mass is 79.9. The van der Waals surface area contributed by atoms with Gasteiger partial charge < -0.3 is 5.32 Å². The fraction of sp³-hybridized carbons (Fsp3) is 0.647. The largest absolute Gasteiger partial charge is 0.380 e. The zero-order valence-corrected chi connectivity index (χ0v) is 16.0. The van der Waals surface area contributed by atoms with E-state index in [9.17, 15) is 0 Å². The fourth-order valence-corrected chi connectivity index (χ4v) is 5.04. The van der Waals surface area contributed by atoms with Gasteiger partial charge in [-0.15, -0.1) is 0 Å². The number of anilines is 1. The molecular weight excluding hydrogens is 378 g/mol. The molecule has 0 saturated heterocycles. The molecule has 0 aromatic heterocycles. The Labute approximate surface area is 140 Å². The van der Waals surface area contributed by atoms with E-state index in [-0.39, 0.29) is 0 Å². The summed E-state index contributed by atoms with van der Waals surface area (Å²) in [6.07, 6.45) is 3.99. The van der Waals surface area contributed by atoms with Crippen molar-refractivity contribution in [2.24, 2.45) is 17.8 Å². The molecule has 3 unspecified atom stereocenters. The van der Waals surface area contributed by atoms with Crippen LogP contribution in [0.5, 0.6) is 0 Å². The van der Waals surface area contributed by atoms with Crippen LogP contribution in [-0.4, -0.2) is 6.04 Å². The first-order valence-corrected chi connectivity index (χ1v) is 9.19. The van der Waals surface area contributed by atoms with Crippen LogP contribution in [0, 0.1) is 24.7 Å². The highest BCUT2D eigenvalue weighted by Gasteiger charge is 2.31. The first-order valence-electron chi connectivity index (χ1n) is 7.60. The summed E-state index contributed by atoms with van der Waals surface area (Å²) in [5, 5.41) is 3.81. The maximum absolute atomic E-state index is 3.81. The second-order valence-electron chi connectivity index (χ2n) is 6.68. The zero-order valence-electron chi connectivity index (χ0n) is 12.8. The molecule has 3 atom stereocenters. The van der Waals surface area contributed by atoms with Crippen molar-refractivity contribution in [1.82, 2.24) is 0 Å². The number of hydrogen-bond donors (Lipinski definition) is 1. The predicted molar refractivity (Wildman–Crippen MR) is 95.3 cm³/mol. The monoisotopic (exact) mass is 401 g/mol. The summed E-state index contributed by atoms with van der Waals surface area (Å²) >= 11 is 7.41. The molecule has 0 spiro atoms. The third-order valence-electron chi connectivity index (χ3n) is 4.54. The van der Waals surface area contributed by atoms with Crippen molar-refractivity contribution in [3.8, 4) is 0 Å². The van der Waals surface area contributed by atoms with Gasteiger partial charge in [-0.2, -0.15) is 0 Å². The van der Waals surface area contributed by atoms with Crippen LogP contribution in [0.25, 0.3) is 0 Å². The van der Waals surface area contributed by atoms with E-state index >= 15 is 0 Å². The van der Waals surface area contributed by atoms with E-state index < -0.39 is 0 Å². The maximum Gasteiger partial charge on any atom is 0.0631 e. The van der Waals surface area contributed by atoms with Gasteiger partial charge in [0.25, 0.3) is 0 Å². The smallest absolute Gasteiger partial charge is 0.0631 e. The molecule has 20 heavy (non-hydrogen) atoms. The molecule has 1 nitrogen and oxygen atoms in total. The lowest BCUT2D eigenvalue weighted by atomic mass is 9.74. The van der Waals surface area contributed by atoms with E-state index in [1.54, 1.807) is 0 Å². The van der Waals surface area contributed by atoms with Crippen molar-refractivity contribution in [2.45, 2.75) is 53.0 Å². The van der Waals surface area contributed by atoms with Crippen molar-refractivity contribution in [3.05, 3.63) is 26.6 Å². The highest BCUT2D eigenvalue weighted by molar-refractivity contribution is 9.11. The van der Waals surface area contributed by atoms with Gasteiger partial charge in [-0.05, 0) is 87.1 Å². The molecule has 1 aliphatic rings. The van der Waals surface area contributed by atoms with Gasteiger partial charge in [-0.3, -0.25) is 0 Å². The van der Waals surface area contributed by atoms with Gasteiger partial charge in [0, 0.05) is 15.0 Å². The highest BCUT2D eigenvalue weighted by Crippen LogP contribution is 2.39. The van der Waals surface area contributed by atoms with Crippen LogP contribution in [0.2, 0.25) is 0 Å². The lowest BCUT2D eigenvalue weighted by Gasteiger charge is -2.38. The number of hydrogen-bond acceptors (Lipinski definition) is 1. The molecule has 1 fully saturated rings. The Morgan fingerprint density at radius 1 is 1.15 bits per heavy atom. The van der Waals surface area contributed by atoms with E-state index in [0.29, 0.717) is 6.04 Å². The SMILES string of the molecule is Cc1cc(Br)c(NC2CC(C)CCC2C(C)C)c(Br)c1. The van der Waals surface area contributed by atoms with E-state index in [1.807, 2.05) is 0 Å². The quantitative estimate of drug-likeness (QED) is 0.617. The van der Waals surface area contributed by atoms with Gasteiger partial charge in [-0.25, -0.2) is 0 Å². The molecule has 1 aromatic carbocycles. The number of benzene rings is 1. The average Bonchev–Trinajstić information content (AvgIpc) is 2.33. The molecule has 0 aliphatic heterocycles. The van der Waals surface area contributed by atoms with Crippen molar-refractivity contribution in [1.29, 1.82) is 0 Å². The molecule has 1 aliphatic carbocycles. The van der Waals surface area contributed by atoms with Gasteiger partial charge in [-0.1, -0.05) is 27.2 Å². The summed E-state index contributed by atoms with van der Waals surface area (Å²) < 4.78 is 2.32. The van der Waals surface area contributed by atoms with Crippen molar-refractivity contribution < 1.29 is 0 Å². The summed E-state index contributed by atoms with van der Waals surface area (Å²) in [6.45, 7) is 9.21. The van der Waals surface area contributed by atoms with Gasteiger partial charge in [0.1, 0.15) is 0 Å². The van der Waals surface area contributed by atoms with Gasteiger partial charge in [0.05, 0.1) is 5.69 Å². The lowest BCUT2D eigenvalue weighted by Crippen LogP contribution is -2.38. The Morgan fingerprint density at radius 3 is 2.30 bits per heavy atom. The second-order valence-corrected chi connectivity index (χ2v) is 8.39. The third kappa shape index (κ3) is 3.79. The fourth-order valence-electron chi connectivity index (χ4n) is 3.39. The Hall–Kier alpha value is -0.0200. The minimum Gasteiger partial charge on any atom is -0.380 e. The van der Waals surface area contributed by atoms with Crippen LogP contribution in [0.3, 0.4) is 0 Å². The molecule has 1 N–H and O–H groups in total. The summed E-state index contributed by atoms with van der Waals surface area (Å²) in [6, 6.07) is 4.95. The summed E-state index contributed by atoms with van der Waals surface area (Å²) in [5.41, 5.74) is 2.48. The molecule has 3 heteroatoms. The van der Waals surface area contributed by atoms with Crippen LogP contribution in [0.1, 0.15) is 45.6 Å². The number of aryl methyl sites for hydroxylation is 1. The molecular formula is C17H25Br2N. The Morgan fingerprint density at radius 2 is 1.75 bits per heavy atom. The average molecular weight is 403 g/mol. The Kier molecular flexibility index (Phi) is 5.58. The van der Waals surface area contributed by atoms with Crippen molar-refractivity contribution in [3.63, 3.8) is 0 Å². The number of nitrogens with one attached hydrogen (secondary N) is 1. The molecule has 0 radical (unpaired) electrons. The molecule has 112 valence electrons. The van der Waals surface area contributed by atoms with Gasteiger partial charge in [0.2, 0.25) is 0 Å². The molecule has 0 bridgehead atoms. The number of halogens is 2. The maximum atomic E-state index is 3.81. The Balaban J connectivity index is 2.22. The topological polar surface area (TPSA) is 12.0 Å². The number of rotatable bonds is 3. The minimum absolute atomic E-state index is 0.578.